The van der Waals surface area contributed by atoms with Crippen LogP contribution >= 0.6 is 0 Å². The van der Waals surface area contributed by atoms with E-state index in [1.54, 1.807) is 42.3 Å². The van der Waals surface area contributed by atoms with Crippen molar-refractivity contribution in [3.8, 4) is 17.2 Å². The number of urea groups is 1. The minimum absolute atomic E-state index is 0.0911. The number of hydrogen-bond donors (Lipinski definition) is 1. The fraction of sp³-hybridized carbons (Fsp3) is 0.350. The molecule has 0 bridgehead atoms. The second-order valence-electron chi connectivity index (χ2n) is 6.76. The van der Waals surface area contributed by atoms with Gasteiger partial charge < -0.3 is 23.9 Å². The zero-order valence-electron chi connectivity index (χ0n) is 16.5. The number of rotatable bonds is 8. The third-order valence-corrected chi connectivity index (χ3v) is 4.90. The van der Waals surface area contributed by atoms with Gasteiger partial charge >= 0.3 is 16.1 Å². The first-order valence-electron chi connectivity index (χ1n) is 9.07. The number of para-hydroxylation sites is 2. The van der Waals surface area contributed by atoms with Gasteiger partial charge in [-0.2, -0.15) is 8.42 Å². The fourth-order valence-electron chi connectivity index (χ4n) is 2.93. The molecule has 0 radical (unpaired) electrons. The Morgan fingerprint density at radius 2 is 1.76 bits per heavy atom. The van der Waals surface area contributed by atoms with Crippen molar-refractivity contribution in [1.29, 1.82) is 0 Å². The molecule has 0 unspecified atom stereocenters. The summed E-state index contributed by atoms with van der Waals surface area (Å²) in [5, 5.41) is 2.89. The van der Waals surface area contributed by atoms with Gasteiger partial charge in [-0.1, -0.05) is 18.2 Å². The minimum atomic E-state index is -3.71. The van der Waals surface area contributed by atoms with E-state index in [0.29, 0.717) is 23.7 Å². The van der Waals surface area contributed by atoms with Crippen molar-refractivity contribution in [2.75, 3.05) is 25.8 Å². The highest BCUT2D eigenvalue weighted by Crippen LogP contribution is 2.33. The predicted molar refractivity (Wildman–Crippen MR) is 109 cm³/mol. The first-order valence-corrected chi connectivity index (χ1v) is 10.9. The molecule has 0 heterocycles. The molecule has 1 fully saturated rings. The Kier molecular flexibility index (Phi) is 6.17. The number of nitrogens with zero attached hydrogens (tertiary/aromatic N) is 1. The summed E-state index contributed by atoms with van der Waals surface area (Å²) >= 11 is 0. The highest BCUT2D eigenvalue weighted by atomic mass is 32.2. The van der Waals surface area contributed by atoms with Crippen LogP contribution in [0.25, 0.3) is 0 Å². The zero-order valence-corrected chi connectivity index (χ0v) is 17.4. The molecule has 0 aromatic heterocycles. The second-order valence-corrected chi connectivity index (χ2v) is 8.34. The summed E-state index contributed by atoms with van der Waals surface area (Å²) in [6.07, 6.45) is 2.81. The third kappa shape index (κ3) is 5.54. The van der Waals surface area contributed by atoms with E-state index in [0.717, 1.165) is 24.7 Å². The lowest BCUT2D eigenvalue weighted by molar-refractivity contribution is 0.206. The third-order valence-electron chi connectivity index (χ3n) is 4.42. The Balaban J connectivity index is 1.80. The Hall–Kier alpha value is -2.94. The average molecular weight is 420 g/mol. The van der Waals surface area contributed by atoms with Crippen LogP contribution in [0, 0.1) is 0 Å². The Bertz CT molecular complexity index is 988. The van der Waals surface area contributed by atoms with Crippen LogP contribution in [0.15, 0.2) is 42.5 Å². The lowest BCUT2D eigenvalue weighted by Gasteiger charge is -2.24. The maximum atomic E-state index is 12.9. The molecule has 29 heavy (non-hydrogen) atoms. The van der Waals surface area contributed by atoms with Crippen molar-refractivity contribution in [1.82, 2.24) is 4.90 Å². The van der Waals surface area contributed by atoms with Gasteiger partial charge in [-0.3, -0.25) is 0 Å². The van der Waals surface area contributed by atoms with Crippen molar-refractivity contribution in [3.05, 3.63) is 48.0 Å². The molecule has 0 aliphatic heterocycles. The van der Waals surface area contributed by atoms with Gasteiger partial charge in [0, 0.05) is 12.6 Å². The van der Waals surface area contributed by atoms with Crippen molar-refractivity contribution < 1.29 is 26.9 Å². The number of nitrogens with one attached hydrogen (secondary N) is 1. The van der Waals surface area contributed by atoms with Crippen LogP contribution in [0.1, 0.15) is 18.4 Å². The molecule has 9 heteroatoms. The molecular formula is C20H24N2O6S. The van der Waals surface area contributed by atoms with Gasteiger partial charge in [-0.05, 0) is 42.7 Å². The number of benzene rings is 2. The molecule has 1 saturated carbocycles. The van der Waals surface area contributed by atoms with E-state index in [4.69, 9.17) is 13.7 Å². The second kappa shape index (κ2) is 8.60. The monoisotopic (exact) mass is 420 g/mol. The van der Waals surface area contributed by atoms with E-state index in [9.17, 15) is 13.2 Å². The van der Waals surface area contributed by atoms with Gasteiger partial charge in [0.25, 0.3) is 0 Å². The molecule has 2 amide bonds. The normalized spacial score (nSPS) is 13.5. The molecule has 1 aliphatic carbocycles. The van der Waals surface area contributed by atoms with E-state index >= 15 is 0 Å². The maximum Gasteiger partial charge on any atom is 0.322 e. The van der Waals surface area contributed by atoms with E-state index in [1.165, 1.54) is 7.11 Å². The van der Waals surface area contributed by atoms with Crippen LogP contribution in [-0.2, 0) is 16.7 Å². The summed E-state index contributed by atoms with van der Waals surface area (Å²) in [7, 11) is -0.733. The molecule has 0 spiro atoms. The Morgan fingerprint density at radius 1 is 1.07 bits per heavy atom. The van der Waals surface area contributed by atoms with Gasteiger partial charge in [0.1, 0.15) is 5.75 Å². The predicted octanol–water partition coefficient (Wildman–Crippen LogP) is 3.24. The number of methoxy groups -OCH3 is 2. The van der Waals surface area contributed by atoms with Crippen LogP contribution in [0.3, 0.4) is 0 Å². The summed E-state index contributed by atoms with van der Waals surface area (Å²) in [5.74, 6) is 0.967. The van der Waals surface area contributed by atoms with Gasteiger partial charge in [0.15, 0.2) is 11.5 Å². The topological polar surface area (TPSA) is 94.2 Å². The van der Waals surface area contributed by atoms with Crippen molar-refractivity contribution in [2.45, 2.75) is 25.4 Å². The first-order chi connectivity index (χ1) is 13.8. The Morgan fingerprint density at radius 3 is 2.38 bits per heavy atom. The molecule has 3 rings (SSSR count). The van der Waals surface area contributed by atoms with Gasteiger partial charge in [-0.15, -0.1) is 0 Å². The lowest BCUT2D eigenvalue weighted by atomic mass is 10.2. The number of hydrogen-bond acceptors (Lipinski definition) is 6. The Labute approximate surface area is 170 Å². The average Bonchev–Trinajstić information content (AvgIpc) is 3.50. The number of carbonyl (C=O) groups is 1. The quantitative estimate of drug-likeness (QED) is 0.659. The number of carbonyl (C=O) groups excluding carboxylic acids is 1. The van der Waals surface area contributed by atoms with E-state index in [2.05, 4.69) is 5.32 Å². The van der Waals surface area contributed by atoms with Crippen molar-refractivity contribution in [2.24, 2.45) is 0 Å². The molecule has 8 nitrogen and oxygen atoms in total. The van der Waals surface area contributed by atoms with Gasteiger partial charge in [0.05, 0.1) is 26.2 Å². The molecule has 1 aliphatic rings. The number of anilines is 1. The molecule has 2 aromatic rings. The highest BCUT2D eigenvalue weighted by Gasteiger charge is 2.33. The summed E-state index contributed by atoms with van der Waals surface area (Å²) in [6.45, 7) is 0.301. The van der Waals surface area contributed by atoms with Crippen LogP contribution in [0.4, 0.5) is 10.5 Å². The fourth-order valence-corrected chi connectivity index (χ4v) is 3.39. The molecule has 0 atom stereocenters. The van der Waals surface area contributed by atoms with Gasteiger partial charge in [0.2, 0.25) is 0 Å². The van der Waals surface area contributed by atoms with E-state index < -0.39 is 10.1 Å². The molecule has 156 valence electrons. The summed E-state index contributed by atoms with van der Waals surface area (Å²) in [5.41, 5.74) is 1.31. The van der Waals surface area contributed by atoms with Crippen LogP contribution in [0.2, 0.25) is 0 Å². The van der Waals surface area contributed by atoms with Crippen molar-refractivity contribution >= 4 is 21.8 Å². The van der Waals surface area contributed by atoms with Crippen LogP contribution in [-0.4, -0.2) is 45.9 Å². The summed E-state index contributed by atoms with van der Waals surface area (Å²) in [4.78, 5) is 14.6. The number of amides is 2. The van der Waals surface area contributed by atoms with Crippen LogP contribution < -0.4 is 19.0 Å². The summed E-state index contributed by atoms with van der Waals surface area (Å²) < 4.78 is 38.5. The first kappa shape index (κ1) is 20.8. The van der Waals surface area contributed by atoms with Crippen molar-refractivity contribution in [3.63, 3.8) is 0 Å². The van der Waals surface area contributed by atoms with E-state index in [-0.39, 0.29) is 17.8 Å². The summed E-state index contributed by atoms with van der Waals surface area (Å²) in [6, 6.07) is 12.0. The molecule has 1 N–H and O–H groups in total. The highest BCUT2D eigenvalue weighted by molar-refractivity contribution is 7.86. The smallest absolute Gasteiger partial charge is 0.322 e. The van der Waals surface area contributed by atoms with Crippen LogP contribution in [0.5, 0.6) is 17.2 Å². The SMILES string of the molecule is COc1ccccc1NC(=O)N(Cc1ccc(OC)c(OS(C)(=O)=O)c1)C1CC1. The molecule has 0 saturated heterocycles. The minimum Gasteiger partial charge on any atom is -0.495 e. The zero-order chi connectivity index (χ0) is 21.0. The standard InChI is InChI=1S/C20H24N2O6S/c1-26-17-7-5-4-6-16(17)21-20(23)22(15-9-10-15)13-14-8-11-18(27-2)19(12-14)28-29(3,24)25/h4-8,11-12,15H,9-10,13H2,1-3H3,(H,21,23). The molecule has 2 aromatic carbocycles. The lowest BCUT2D eigenvalue weighted by Crippen LogP contribution is -2.36. The van der Waals surface area contributed by atoms with E-state index in [1.807, 2.05) is 12.1 Å². The maximum absolute atomic E-state index is 12.9. The largest absolute Gasteiger partial charge is 0.495 e. The molecular weight excluding hydrogens is 396 g/mol. The number of ether oxygens (including phenoxy) is 2. The van der Waals surface area contributed by atoms with Gasteiger partial charge in [-0.25, -0.2) is 4.79 Å².